The smallest absolute Gasteiger partial charge is 0.293 e. The number of tetrazole rings is 1. The number of piperidine rings is 1. The molecule has 0 bridgehead atoms. The van der Waals surface area contributed by atoms with Crippen LogP contribution in [0.2, 0.25) is 0 Å². The lowest BCUT2D eigenvalue weighted by atomic mass is 10.1. The summed E-state index contributed by atoms with van der Waals surface area (Å²) in [6.07, 6.45) is 2.08. The highest BCUT2D eigenvalue weighted by atomic mass is 16.2. The molecule has 14 heavy (non-hydrogen) atoms. The number of hydrogen-bond donors (Lipinski definition) is 3. The van der Waals surface area contributed by atoms with Crippen molar-refractivity contribution < 1.29 is 4.79 Å². The van der Waals surface area contributed by atoms with E-state index in [0.29, 0.717) is 0 Å². The lowest BCUT2D eigenvalue weighted by molar-refractivity contribution is 0.0920. The summed E-state index contributed by atoms with van der Waals surface area (Å²) in [5, 5.41) is 18.8. The number of hydrogen-bond acceptors (Lipinski definition) is 5. The molecule has 7 heteroatoms. The lowest BCUT2D eigenvalue weighted by Gasteiger charge is -2.22. The molecule has 0 spiro atoms. The molecule has 0 unspecified atom stereocenters. The van der Waals surface area contributed by atoms with Crippen LogP contribution >= 0.6 is 0 Å². The fourth-order valence-electron chi connectivity index (χ4n) is 1.48. The molecule has 2 rings (SSSR count). The number of nitrogens with one attached hydrogen (secondary N) is 3. The molecule has 0 saturated carbocycles. The number of rotatable bonds is 2. The fourth-order valence-corrected chi connectivity index (χ4v) is 1.48. The van der Waals surface area contributed by atoms with Gasteiger partial charge in [-0.05, 0) is 24.6 Å². The Balaban J connectivity index is 1.87. The van der Waals surface area contributed by atoms with Crippen molar-refractivity contribution in [2.24, 2.45) is 0 Å². The molecule has 0 aromatic carbocycles. The van der Waals surface area contributed by atoms with Crippen LogP contribution in [0, 0.1) is 0 Å². The van der Waals surface area contributed by atoms with E-state index in [2.05, 4.69) is 31.3 Å². The summed E-state index contributed by atoms with van der Waals surface area (Å²) in [7, 11) is 0. The molecule has 0 radical (unpaired) electrons. The monoisotopic (exact) mass is 196 g/mol. The van der Waals surface area contributed by atoms with Crippen molar-refractivity contribution in [1.82, 2.24) is 31.3 Å². The third kappa shape index (κ3) is 2.05. The van der Waals surface area contributed by atoms with E-state index in [1.165, 1.54) is 0 Å². The summed E-state index contributed by atoms with van der Waals surface area (Å²) in [5.74, 6) is -0.178. The molecule has 3 N–H and O–H groups in total. The van der Waals surface area contributed by atoms with Crippen LogP contribution in [-0.4, -0.2) is 45.7 Å². The third-order valence-corrected chi connectivity index (χ3v) is 2.18. The van der Waals surface area contributed by atoms with E-state index in [-0.39, 0.29) is 17.8 Å². The van der Waals surface area contributed by atoms with Crippen LogP contribution in [0.5, 0.6) is 0 Å². The number of carbonyl (C=O) groups is 1. The average molecular weight is 196 g/mol. The molecule has 1 amide bonds. The summed E-state index contributed by atoms with van der Waals surface area (Å²) in [4.78, 5) is 11.5. The topological polar surface area (TPSA) is 95.6 Å². The highest BCUT2D eigenvalue weighted by molar-refractivity contribution is 5.90. The first-order valence-corrected chi connectivity index (χ1v) is 4.61. The number of aromatic amines is 1. The van der Waals surface area contributed by atoms with Gasteiger partial charge in [-0.1, -0.05) is 0 Å². The van der Waals surface area contributed by atoms with Gasteiger partial charge in [0.05, 0.1) is 0 Å². The lowest BCUT2D eigenvalue weighted by Crippen LogP contribution is -2.45. The predicted molar refractivity (Wildman–Crippen MR) is 47.5 cm³/mol. The van der Waals surface area contributed by atoms with Gasteiger partial charge in [0.1, 0.15) is 0 Å². The van der Waals surface area contributed by atoms with Crippen molar-refractivity contribution in [3.63, 3.8) is 0 Å². The van der Waals surface area contributed by atoms with Crippen molar-refractivity contribution in [2.45, 2.75) is 18.9 Å². The van der Waals surface area contributed by atoms with Crippen LogP contribution in [0.1, 0.15) is 23.5 Å². The number of aromatic nitrogens is 4. The second-order valence-electron chi connectivity index (χ2n) is 3.25. The molecule has 1 aliphatic heterocycles. The van der Waals surface area contributed by atoms with Crippen molar-refractivity contribution in [3.8, 4) is 0 Å². The molecule has 1 aromatic heterocycles. The number of amides is 1. The van der Waals surface area contributed by atoms with Crippen LogP contribution in [0.3, 0.4) is 0 Å². The van der Waals surface area contributed by atoms with Crippen molar-refractivity contribution >= 4 is 5.91 Å². The molecule has 1 aromatic rings. The van der Waals surface area contributed by atoms with Gasteiger partial charge in [-0.25, -0.2) is 0 Å². The van der Waals surface area contributed by atoms with E-state index in [1.54, 1.807) is 0 Å². The number of H-pyrrole nitrogens is 1. The average Bonchev–Trinajstić information content (AvgIpc) is 2.72. The van der Waals surface area contributed by atoms with Gasteiger partial charge < -0.3 is 10.6 Å². The van der Waals surface area contributed by atoms with Gasteiger partial charge in [0.15, 0.2) is 0 Å². The molecule has 1 atom stereocenters. The highest BCUT2D eigenvalue weighted by Crippen LogP contribution is 2.01. The molecular formula is C7H12N6O. The van der Waals surface area contributed by atoms with Gasteiger partial charge in [-0.3, -0.25) is 4.79 Å². The van der Waals surface area contributed by atoms with E-state index in [1.807, 2.05) is 0 Å². The highest BCUT2D eigenvalue weighted by Gasteiger charge is 2.18. The second-order valence-corrected chi connectivity index (χ2v) is 3.25. The van der Waals surface area contributed by atoms with Crippen LogP contribution < -0.4 is 10.6 Å². The van der Waals surface area contributed by atoms with Gasteiger partial charge in [0, 0.05) is 12.6 Å². The van der Waals surface area contributed by atoms with Gasteiger partial charge in [0.25, 0.3) is 11.7 Å². The fraction of sp³-hybridized carbons (Fsp3) is 0.714. The zero-order chi connectivity index (χ0) is 9.80. The molecule has 1 aliphatic rings. The molecule has 7 nitrogen and oxygen atoms in total. The minimum atomic E-state index is -0.271. The van der Waals surface area contributed by atoms with E-state index >= 15 is 0 Å². The van der Waals surface area contributed by atoms with Crippen LogP contribution in [-0.2, 0) is 0 Å². The van der Waals surface area contributed by atoms with Crippen molar-refractivity contribution in [1.29, 1.82) is 0 Å². The Kier molecular flexibility index (Phi) is 2.68. The Morgan fingerprint density at radius 3 is 3.14 bits per heavy atom. The minimum absolute atomic E-state index is 0.0931. The number of carbonyl (C=O) groups excluding carboxylic acids is 1. The molecule has 76 valence electrons. The molecule has 1 saturated heterocycles. The van der Waals surface area contributed by atoms with E-state index in [4.69, 9.17) is 0 Å². The zero-order valence-corrected chi connectivity index (χ0v) is 7.66. The molecule has 2 heterocycles. The van der Waals surface area contributed by atoms with E-state index < -0.39 is 0 Å². The standard InChI is InChI=1S/C7H12N6O/c14-7(6-10-12-13-11-6)9-5-2-1-3-8-4-5/h5,8H,1-4H2,(H,9,14)(H,10,11,12,13)/t5-/m0/s1. The van der Waals surface area contributed by atoms with Gasteiger partial charge in [-0.2, -0.15) is 5.21 Å². The Morgan fingerprint density at radius 2 is 2.50 bits per heavy atom. The van der Waals surface area contributed by atoms with Crippen LogP contribution in [0.15, 0.2) is 0 Å². The normalized spacial score (nSPS) is 21.9. The largest absolute Gasteiger partial charge is 0.345 e. The maximum Gasteiger partial charge on any atom is 0.293 e. The van der Waals surface area contributed by atoms with Gasteiger partial charge in [-0.15, -0.1) is 10.2 Å². The first-order chi connectivity index (χ1) is 6.86. The Hall–Kier alpha value is -1.50. The van der Waals surface area contributed by atoms with Gasteiger partial charge >= 0.3 is 0 Å². The summed E-state index contributed by atoms with van der Waals surface area (Å²) < 4.78 is 0. The Morgan fingerprint density at radius 1 is 1.57 bits per heavy atom. The van der Waals surface area contributed by atoms with Crippen molar-refractivity contribution in [2.75, 3.05) is 13.1 Å². The third-order valence-electron chi connectivity index (χ3n) is 2.18. The summed E-state index contributed by atoms with van der Waals surface area (Å²) in [6.45, 7) is 1.83. The molecule has 1 fully saturated rings. The quantitative estimate of drug-likeness (QED) is 0.545. The Bertz CT molecular complexity index is 291. The summed E-state index contributed by atoms with van der Waals surface area (Å²) in [5.41, 5.74) is 0. The van der Waals surface area contributed by atoms with E-state index in [9.17, 15) is 4.79 Å². The molecule has 0 aliphatic carbocycles. The van der Waals surface area contributed by atoms with E-state index in [0.717, 1.165) is 25.9 Å². The predicted octanol–water partition coefficient (Wildman–Crippen LogP) is -1.32. The first kappa shape index (κ1) is 9.07. The zero-order valence-electron chi connectivity index (χ0n) is 7.66. The Labute approximate surface area is 80.6 Å². The second kappa shape index (κ2) is 4.14. The van der Waals surface area contributed by atoms with Crippen molar-refractivity contribution in [3.05, 3.63) is 5.82 Å². The number of nitrogens with zero attached hydrogens (tertiary/aromatic N) is 3. The maximum atomic E-state index is 11.5. The SMILES string of the molecule is O=C(N[C@H]1CCCNC1)c1nn[nH]n1. The maximum absolute atomic E-state index is 11.5. The minimum Gasteiger partial charge on any atom is -0.345 e. The van der Waals surface area contributed by atoms with Gasteiger partial charge in [0.2, 0.25) is 0 Å². The molecular weight excluding hydrogens is 184 g/mol. The van der Waals surface area contributed by atoms with Crippen LogP contribution in [0.25, 0.3) is 0 Å². The summed E-state index contributed by atoms with van der Waals surface area (Å²) in [6, 6.07) is 0.176. The summed E-state index contributed by atoms with van der Waals surface area (Å²) >= 11 is 0. The first-order valence-electron chi connectivity index (χ1n) is 4.61. The van der Waals surface area contributed by atoms with Crippen LogP contribution in [0.4, 0.5) is 0 Å².